The van der Waals surface area contributed by atoms with Crippen LogP contribution in [-0.2, 0) is 33.3 Å². The molecule has 3 heterocycles. The van der Waals surface area contributed by atoms with Crippen molar-refractivity contribution >= 4 is 29.0 Å². The second-order valence-electron chi connectivity index (χ2n) is 13.3. The number of rotatable bonds is 16. The van der Waals surface area contributed by atoms with Crippen molar-refractivity contribution < 1.29 is 38.0 Å². The number of nitriles is 1. The molecule has 53 heavy (non-hydrogen) atoms. The van der Waals surface area contributed by atoms with E-state index in [1.54, 1.807) is 44.2 Å². The number of esters is 2. The zero-order valence-electron chi connectivity index (χ0n) is 31.2. The Hall–Kier alpha value is -4.94. The van der Waals surface area contributed by atoms with E-state index in [0.717, 1.165) is 49.2 Å². The van der Waals surface area contributed by atoms with Crippen molar-refractivity contribution in [3.63, 3.8) is 0 Å². The number of carbonyl (C=O) groups excluding carboxylic acids is 2. The third kappa shape index (κ3) is 9.94. The van der Waals surface area contributed by atoms with Crippen molar-refractivity contribution in [2.75, 3.05) is 53.4 Å². The molecule has 1 atom stereocenters. The fourth-order valence-electron chi connectivity index (χ4n) is 5.69. The summed E-state index contributed by atoms with van der Waals surface area (Å²) in [6.45, 7) is 13.3. The lowest BCUT2D eigenvalue weighted by atomic mass is 9.96. The maximum absolute atomic E-state index is 12.4. The Morgan fingerprint density at radius 3 is 2.17 bits per heavy atom. The molecule has 1 aliphatic heterocycles. The van der Waals surface area contributed by atoms with Crippen LogP contribution in [0.1, 0.15) is 72.0 Å². The molecule has 0 spiro atoms. The van der Waals surface area contributed by atoms with Gasteiger partial charge >= 0.3 is 11.9 Å². The average Bonchev–Trinajstić information content (AvgIpc) is 3.61. The number of aryl methyl sites for hydroxylation is 2. The summed E-state index contributed by atoms with van der Waals surface area (Å²) in [5, 5.41) is 19.6. The fourth-order valence-corrected chi connectivity index (χ4v) is 6.90. The number of thiophene rings is 1. The first-order chi connectivity index (χ1) is 25.4. The molecule has 280 valence electrons. The van der Waals surface area contributed by atoms with E-state index in [4.69, 9.17) is 33.4 Å². The number of fused-ring (bicyclic) bond motifs is 3. The lowest BCUT2D eigenvalue weighted by Gasteiger charge is -2.19. The second-order valence-corrected chi connectivity index (χ2v) is 14.5. The number of ether oxygens (including phenoxy) is 6. The highest BCUT2D eigenvalue weighted by Gasteiger charge is 2.32. The molecule has 0 N–H and O–H groups in total. The first kappa shape index (κ1) is 39.3. The first-order valence-electron chi connectivity index (χ1n) is 17.3. The van der Waals surface area contributed by atoms with Gasteiger partial charge in [0.25, 0.3) is 0 Å². The summed E-state index contributed by atoms with van der Waals surface area (Å²) in [6, 6.07) is 15.2. The number of methoxy groups -OCH3 is 1. The van der Waals surface area contributed by atoms with E-state index < -0.39 is 17.6 Å². The molecular formula is C39H45N5O8S. The van der Waals surface area contributed by atoms with Gasteiger partial charge in [-0.05, 0) is 70.4 Å². The zero-order chi connectivity index (χ0) is 38.1. The lowest BCUT2D eigenvalue weighted by molar-refractivity contribution is -0.160. The van der Waals surface area contributed by atoms with Crippen molar-refractivity contribution in [2.45, 2.75) is 59.6 Å². The van der Waals surface area contributed by atoms with Crippen molar-refractivity contribution in [1.29, 1.82) is 5.26 Å². The standard InChI is InChI=1S/C39H45N5O8S/c1-24-25(2)53-38-35(24)36(41-31(21-33(45)47-7)37-43-42-26(3)44(37)38)28-10-8-27(9-11-28)29-12-13-32(30(20-29)22-40)51-19-18-49-15-14-48-16-17-50-23-34(46)52-39(4,5)6/h8-13,20,31H,14-19,21,23H2,1-7H3/t31-/m0/s1. The van der Waals surface area contributed by atoms with Crippen LogP contribution in [0.15, 0.2) is 47.5 Å². The molecule has 2 aromatic heterocycles. The molecule has 14 heteroatoms. The Labute approximate surface area is 313 Å². The second kappa shape index (κ2) is 17.7. The topological polar surface area (TPSA) is 156 Å². The summed E-state index contributed by atoms with van der Waals surface area (Å²) in [5.74, 6) is 1.00. The van der Waals surface area contributed by atoms with Crippen LogP contribution in [0.25, 0.3) is 16.1 Å². The molecule has 2 aromatic carbocycles. The zero-order valence-corrected chi connectivity index (χ0v) is 32.0. The summed E-state index contributed by atoms with van der Waals surface area (Å²) in [5.41, 5.74) is 5.40. The summed E-state index contributed by atoms with van der Waals surface area (Å²) < 4.78 is 34.4. The summed E-state index contributed by atoms with van der Waals surface area (Å²) in [6.07, 6.45) is 0.0326. The van der Waals surface area contributed by atoms with Gasteiger partial charge in [-0.2, -0.15) is 5.26 Å². The predicted molar refractivity (Wildman–Crippen MR) is 199 cm³/mol. The number of benzene rings is 2. The lowest BCUT2D eigenvalue weighted by Crippen LogP contribution is -2.27. The van der Waals surface area contributed by atoms with Gasteiger partial charge < -0.3 is 28.4 Å². The van der Waals surface area contributed by atoms with E-state index in [1.807, 2.05) is 41.8 Å². The highest BCUT2D eigenvalue weighted by Crippen LogP contribution is 2.40. The van der Waals surface area contributed by atoms with Crippen molar-refractivity contribution in [1.82, 2.24) is 14.8 Å². The van der Waals surface area contributed by atoms with E-state index in [2.05, 4.69) is 30.1 Å². The molecule has 0 amide bonds. The number of carbonyl (C=O) groups is 2. The van der Waals surface area contributed by atoms with Crippen LogP contribution in [0.4, 0.5) is 0 Å². The highest BCUT2D eigenvalue weighted by molar-refractivity contribution is 7.15. The SMILES string of the molecule is COC(=O)C[C@@H]1N=C(c2ccc(-c3ccc(OCCOCCOCCOCC(=O)OC(C)(C)C)c(C#N)c3)cc2)c2c(sc(C)c2C)-n2c(C)nnc21. The molecule has 0 aliphatic carbocycles. The highest BCUT2D eigenvalue weighted by atomic mass is 32.1. The fraction of sp³-hybridized carbons (Fsp3) is 0.436. The van der Waals surface area contributed by atoms with Crippen molar-refractivity contribution in [2.24, 2.45) is 4.99 Å². The molecule has 0 radical (unpaired) electrons. The monoisotopic (exact) mass is 743 g/mol. The molecule has 0 saturated heterocycles. The minimum absolute atomic E-state index is 0.0326. The molecule has 4 aromatic rings. The van der Waals surface area contributed by atoms with Crippen LogP contribution in [0.5, 0.6) is 5.75 Å². The van der Waals surface area contributed by atoms with E-state index >= 15 is 0 Å². The van der Waals surface area contributed by atoms with Gasteiger partial charge in [0.2, 0.25) is 0 Å². The normalized spacial score (nSPS) is 13.7. The Kier molecular flexibility index (Phi) is 13.1. The van der Waals surface area contributed by atoms with Gasteiger partial charge in [-0.25, -0.2) is 4.79 Å². The maximum atomic E-state index is 12.4. The third-order valence-electron chi connectivity index (χ3n) is 8.29. The van der Waals surface area contributed by atoms with Crippen molar-refractivity contribution in [3.05, 3.63) is 81.2 Å². The van der Waals surface area contributed by atoms with Crippen LogP contribution in [0.2, 0.25) is 0 Å². The van der Waals surface area contributed by atoms with E-state index in [-0.39, 0.29) is 32.2 Å². The maximum Gasteiger partial charge on any atom is 0.332 e. The smallest absolute Gasteiger partial charge is 0.332 e. The van der Waals surface area contributed by atoms with Gasteiger partial charge in [0, 0.05) is 16.0 Å². The quantitative estimate of drug-likeness (QED) is 0.0977. The minimum Gasteiger partial charge on any atom is -0.490 e. The van der Waals surface area contributed by atoms with Gasteiger partial charge in [-0.3, -0.25) is 14.4 Å². The third-order valence-corrected chi connectivity index (χ3v) is 9.48. The van der Waals surface area contributed by atoms with Crippen LogP contribution in [0.3, 0.4) is 0 Å². The molecule has 13 nitrogen and oxygen atoms in total. The molecule has 0 saturated carbocycles. The number of nitrogens with zero attached hydrogens (tertiary/aromatic N) is 5. The Morgan fingerprint density at radius 1 is 0.868 bits per heavy atom. The number of hydrogen-bond acceptors (Lipinski definition) is 13. The Morgan fingerprint density at radius 2 is 1.51 bits per heavy atom. The number of aliphatic imine (C=N–C) groups is 1. The number of hydrogen-bond donors (Lipinski definition) is 0. The predicted octanol–water partition coefficient (Wildman–Crippen LogP) is 6.02. The van der Waals surface area contributed by atoms with Gasteiger partial charge in [0.1, 0.15) is 47.5 Å². The van der Waals surface area contributed by atoms with Crippen LogP contribution < -0.4 is 4.74 Å². The van der Waals surface area contributed by atoms with Crippen LogP contribution in [-0.4, -0.2) is 91.4 Å². The van der Waals surface area contributed by atoms with E-state index in [9.17, 15) is 14.9 Å². The Balaban J connectivity index is 1.18. The van der Waals surface area contributed by atoms with Gasteiger partial charge in [-0.15, -0.1) is 21.5 Å². The molecule has 0 fully saturated rings. The minimum atomic E-state index is -0.578. The summed E-state index contributed by atoms with van der Waals surface area (Å²) in [4.78, 5) is 30.4. The largest absolute Gasteiger partial charge is 0.490 e. The number of aromatic nitrogens is 3. The van der Waals surface area contributed by atoms with Gasteiger partial charge in [0.05, 0.1) is 57.8 Å². The van der Waals surface area contributed by atoms with Crippen molar-refractivity contribution in [3.8, 4) is 27.9 Å². The molecule has 0 unspecified atom stereocenters. The van der Waals surface area contributed by atoms with Crippen LogP contribution >= 0.6 is 11.3 Å². The molecular weight excluding hydrogens is 699 g/mol. The van der Waals surface area contributed by atoms with Gasteiger partial charge in [0.15, 0.2) is 5.82 Å². The Bertz CT molecular complexity index is 1990. The molecule has 0 bridgehead atoms. The summed E-state index contributed by atoms with van der Waals surface area (Å²) >= 11 is 1.65. The average molecular weight is 744 g/mol. The van der Waals surface area contributed by atoms with Gasteiger partial charge in [-0.1, -0.05) is 30.3 Å². The molecule has 1 aliphatic rings. The molecule has 5 rings (SSSR count). The van der Waals surface area contributed by atoms with Crippen LogP contribution in [0, 0.1) is 32.1 Å². The van der Waals surface area contributed by atoms with E-state index in [1.165, 1.54) is 7.11 Å². The first-order valence-corrected chi connectivity index (χ1v) is 18.1. The summed E-state index contributed by atoms with van der Waals surface area (Å²) in [7, 11) is 1.37. The van der Waals surface area contributed by atoms with E-state index in [0.29, 0.717) is 43.6 Å².